The summed E-state index contributed by atoms with van der Waals surface area (Å²) < 4.78 is 0. The van der Waals surface area contributed by atoms with E-state index in [2.05, 4.69) is 10.6 Å². The Morgan fingerprint density at radius 3 is 2.26 bits per heavy atom. The molecule has 4 N–H and O–H groups in total. The quantitative estimate of drug-likeness (QED) is 0.649. The van der Waals surface area contributed by atoms with Gasteiger partial charge in [-0.3, -0.25) is 9.59 Å². The van der Waals surface area contributed by atoms with Crippen molar-refractivity contribution in [3.05, 3.63) is 0 Å². The maximum atomic E-state index is 12.5. The summed E-state index contributed by atoms with van der Waals surface area (Å²) in [7, 11) is 0. The van der Waals surface area contributed by atoms with E-state index in [0.717, 1.165) is 25.7 Å². The van der Waals surface area contributed by atoms with Gasteiger partial charge in [0.1, 0.15) is 6.04 Å². The molecule has 0 aliphatic heterocycles. The summed E-state index contributed by atoms with van der Waals surface area (Å²) in [6.45, 7) is 4.50. The van der Waals surface area contributed by atoms with Crippen molar-refractivity contribution < 1.29 is 9.59 Å². The number of nitrogens with one attached hydrogen (secondary N) is 2. The molecule has 110 valence electrons. The van der Waals surface area contributed by atoms with Gasteiger partial charge in [0.05, 0.1) is 5.41 Å². The Morgan fingerprint density at radius 1 is 1.21 bits per heavy atom. The number of carbonyl (C=O) groups excluding carboxylic acids is 2. The van der Waals surface area contributed by atoms with Crippen molar-refractivity contribution in [2.24, 2.45) is 11.1 Å². The Balaban J connectivity index is 2.65. The van der Waals surface area contributed by atoms with E-state index in [9.17, 15) is 9.59 Å². The van der Waals surface area contributed by atoms with Gasteiger partial charge in [-0.1, -0.05) is 25.7 Å². The molecule has 1 rings (SSSR count). The van der Waals surface area contributed by atoms with E-state index in [1.54, 1.807) is 6.92 Å². The third-order valence-electron chi connectivity index (χ3n) is 4.02. The van der Waals surface area contributed by atoms with Gasteiger partial charge < -0.3 is 16.4 Å². The van der Waals surface area contributed by atoms with Gasteiger partial charge in [-0.2, -0.15) is 0 Å². The number of hydrogen-bond donors (Lipinski definition) is 3. The average Bonchev–Trinajstić information content (AvgIpc) is 2.65. The topological polar surface area (TPSA) is 84.2 Å². The highest BCUT2D eigenvalue weighted by atomic mass is 16.2. The predicted octanol–water partition coefficient (Wildman–Crippen LogP) is 0.927. The van der Waals surface area contributed by atoms with Crippen molar-refractivity contribution >= 4 is 11.8 Å². The van der Waals surface area contributed by atoms with Gasteiger partial charge in [-0.05, 0) is 26.7 Å². The SMILES string of the molecule is CCNC(=O)C(C)NC(=O)C1(CN)CCCCCC1. The summed E-state index contributed by atoms with van der Waals surface area (Å²) in [5.41, 5.74) is 5.38. The van der Waals surface area contributed by atoms with Crippen molar-refractivity contribution in [1.29, 1.82) is 0 Å². The third-order valence-corrected chi connectivity index (χ3v) is 4.02. The summed E-state index contributed by atoms with van der Waals surface area (Å²) in [6, 6.07) is -0.501. The predicted molar refractivity (Wildman–Crippen MR) is 75.5 cm³/mol. The molecule has 0 heterocycles. The maximum absolute atomic E-state index is 12.5. The van der Waals surface area contributed by atoms with Crippen LogP contribution < -0.4 is 16.4 Å². The number of rotatable bonds is 5. The molecule has 1 unspecified atom stereocenters. The summed E-state index contributed by atoms with van der Waals surface area (Å²) >= 11 is 0. The highest BCUT2D eigenvalue weighted by molar-refractivity contribution is 5.90. The largest absolute Gasteiger partial charge is 0.355 e. The Kier molecular flexibility index (Phi) is 6.28. The molecule has 1 aliphatic rings. The smallest absolute Gasteiger partial charge is 0.242 e. The van der Waals surface area contributed by atoms with Crippen LogP contribution in [0.1, 0.15) is 52.4 Å². The van der Waals surface area contributed by atoms with Gasteiger partial charge in [0.15, 0.2) is 0 Å². The van der Waals surface area contributed by atoms with Crippen LogP contribution in [-0.4, -0.2) is 30.9 Å². The second-order valence-electron chi connectivity index (χ2n) is 5.49. The minimum Gasteiger partial charge on any atom is -0.355 e. The van der Waals surface area contributed by atoms with Crippen molar-refractivity contribution in [3.8, 4) is 0 Å². The molecule has 5 nitrogen and oxygen atoms in total. The number of hydrogen-bond acceptors (Lipinski definition) is 3. The standard InChI is InChI=1S/C14H27N3O2/c1-3-16-12(18)11(2)17-13(19)14(10-15)8-6-4-5-7-9-14/h11H,3-10,15H2,1-2H3,(H,16,18)(H,17,19). The van der Waals surface area contributed by atoms with E-state index in [1.165, 1.54) is 12.8 Å². The lowest BCUT2D eigenvalue weighted by Gasteiger charge is -2.31. The molecule has 0 radical (unpaired) electrons. The zero-order valence-corrected chi connectivity index (χ0v) is 12.1. The second-order valence-corrected chi connectivity index (χ2v) is 5.49. The maximum Gasteiger partial charge on any atom is 0.242 e. The lowest BCUT2D eigenvalue weighted by Crippen LogP contribution is -2.52. The highest BCUT2D eigenvalue weighted by Crippen LogP contribution is 2.34. The van der Waals surface area contributed by atoms with E-state index in [4.69, 9.17) is 5.73 Å². The summed E-state index contributed by atoms with van der Waals surface area (Å²) in [5.74, 6) is -0.202. The first kappa shape index (κ1) is 16.0. The molecule has 0 aromatic heterocycles. The molecule has 0 saturated heterocycles. The zero-order chi connectivity index (χ0) is 14.3. The van der Waals surface area contributed by atoms with E-state index in [0.29, 0.717) is 13.1 Å². The van der Waals surface area contributed by atoms with Gasteiger partial charge in [-0.15, -0.1) is 0 Å². The van der Waals surface area contributed by atoms with Crippen LogP contribution in [0.25, 0.3) is 0 Å². The van der Waals surface area contributed by atoms with Crippen LogP contribution in [0.5, 0.6) is 0 Å². The van der Waals surface area contributed by atoms with Crippen molar-refractivity contribution in [2.75, 3.05) is 13.1 Å². The normalized spacial score (nSPS) is 20.2. The number of amides is 2. The molecule has 1 fully saturated rings. The number of likely N-dealkylation sites (N-methyl/N-ethyl adjacent to an activating group) is 1. The fraction of sp³-hybridized carbons (Fsp3) is 0.857. The van der Waals surface area contributed by atoms with E-state index < -0.39 is 11.5 Å². The number of carbonyl (C=O) groups is 2. The molecule has 5 heteroatoms. The van der Waals surface area contributed by atoms with Crippen molar-refractivity contribution in [2.45, 2.75) is 58.4 Å². The Hall–Kier alpha value is -1.10. The Morgan fingerprint density at radius 2 is 1.79 bits per heavy atom. The second kappa shape index (κ2) is 7.48. The summed E-state index contributed by atoms with van der Waals surface area (Å²) in [4.78, 5) is 24.1. The van der Waals surface area contributed by atoms with E-state index in [1.807, 2.05) is 6.92 Å². The highest BCUT2D eigenvalue weighted by Gasteiger charge is 2.38. The zero-order valence-electron chi connectivity index (χ0n) is 12.1. The Bertz CT molecular complexity index is 310. The molecule has 0 aromatic carbocycles. The van der Waals surface area contributed by atoms with E-state index >= 15 is 0 Å². The minimum atomic E-state index is -0.501. The molecule has 1 saturated carbocycles. The van der Waals surface area contributed by atoms with Gasteiger partial charge >= 0.3 is 0 Å². The van der Waals surface area contributed by atoms with Crippen LogP contribution in [0.2, 0.25) is 0 Å². The minimum absolute atomic E-state index is 0.0596. The molecule has 0 aromatic rings. The van der Waals surface area contributed by atoms with Crippen molar-refractivity contribution in [1.82, 2.24) is 10.6 Å². The average molecular weight is 269 g/mol. The molecule has 19 heavy (non-hydrogen) atoms. The fourth-order valence-electron chi connectivity index (χ4n) is 2.67. The van der Waals surface area contributed by atoms with Crippen LogP contribution in [-0.2, 0) is 9.59 Å². The first-order chi connectivity index (χ1) is 9.05. The summed E-state index contributed by atoms with van der Waals surface area (Å²) in [5, 5.41) is 5.53. The molecule has 0 bridgehead atoms. The molecule has 0 spiro atoms. The molecule has 2 amide bonds. The number of nitrogens with two attached hydrogens (primary N) is 1. The van der Waals surface area contributed by atoms with Crippen LogP contribution in [0.4, 0.5) is 0 Å². The van der Waals surface area contributed by atoms with Crippen LogP contribution in [0.3, 0.4) is 0 Å². The van der Waals surface area contributed by atoms with Gasteiger partial charge in [-0.25, -0.2) is 0 Å². The molecule has 1 aliphatic carbocycles. The van der Waals surface area contributed by atoms with Crippen LogP contribution in [0.15, 0.2) is 0 Å². The van der Waals surface area contributed by atoms with E-state index in [-0.39, 0.29) is 11.8 Å². The molecule has 1 atom stereocenters. The lowest BCUT2D eigenvalue weighted by atomic mass is 9.79. The lowest BCUT2D eigenvalue weighted by molar-refractivity contribution is -0.135. The van der Waals surface area contributed by atoms with Gasteiger partial charge in [0.2, 0.25) is 11.8 Å². The monoisotopic (exact) mass is 269 g/mol. The van der Waals surface area contributed by atoms with Crippen molar-refractivity contribution in [3.63, 3.8) is 0 Å². The fourth-order valence-corrected chi connectivity index (χ4v) is 2.67. The van der Waals surface area contributed by atoms with Crippen LogP contribution in [0, 0.1) is 5.41 Å². The van der Waals surface area contributed by atoms with Gasteiger partial charge in [0, 0.05) is 13.1 Å². The Labute approximate surface area is 115 Å². The molecular formula is C14H27N3O2. The summed E-state index contributed by atoms with van der Waals surface area (Å²) in [6.07, 6.45) is 6.08. The first-order valence-corrected chi connectivity index (χ1v) is 7.34. The van der Waals surface area contributed by atoms with Crippen LogP contribution >= 0.6 is 0 Å². The molecular weight excluding hydrogens is 242 g/mol. The first-order valence-electron chi connectivity index (χ1n) is 7.34. The van der Waals surface area contributed by atoms with Gasteiger partial charge in [0.25, 0.3) is 0 Å². The third kappa shape index (κ3) is 4.20.